The highest BCUT2D eigenvalue weighted by Gasteiger charge is 2.35. The van der Waals surface area contributed by atoms with Crippen LogP contribution in [-0.4, -0.2) is 23.1 Å². The SMILES string of the molecule is CC(C)N(C)c1cc(NN)nc(C(F)(F)F)n1. The number of hydrazine groups is 1. The van der Waals surface area contributed by atoms with Gasteiger partial charge >= 0.3 is 6.18 Å². The molecule has 0 amide bonds. The number of hydrogen-bond donors (Lipinski definition) is 2. The first-order valence-electron chi connectivity index (χ1n) is 4.91. The maximum atomic E-state index is 12.5. The Balaban J connectivity index is 3.23. The zero-order valence-electron chi connectivity index (χ0n) is 9.71. The zero-order valence-corrected chi connectivity index (χ0v) is 9.71. The summed E-state index contributed by atoms with van der Waals surface area (Å²) in [6, 6.07) is 1.37. The first-order chi connectivity index (χ1) is 7.75. The molecule has 0 unspecified atom stereocenters. The molecular formula is C9H14F3N5. The number of alkyl halides is 3. The van der Waals surface area contributed by atoms with Gasteiger partial charge in [0.1, 0.15) is 11.6 Å². The predicted molar refractivity (Wildman–Crippen MR) is 58.4 cm³/mol. The quantitative estimate of drug-likeness (QED) is 0.629. The Labute approximate surface area is 96.8 Å². The summed E-state index contributed by atoms with van der Waals surface area (Å²) in [6.07, 6.45) is -4.60. The Kier molecular flexibility index (Phi) is 3.76. The van der Waals surface area contributed by atoms with Crippen LogP contribution in [0.25, 0.3) is 0 Å². The van der Waals surface area contributed by atoms with Gasteiger partial charge in [0.15, 0.2) is 0 Å². The van der Waals surface area contributed by atoms with E-state index < -0.39 is 12.0 Å². The number of anilines is 2. The normalized spacial score (nSPS) is 11.8. The summed E-state index contributed by atoms with van der Waals surface area (Å²) in [4.78, 5) is 8.33. The molecule has 5 nitrogen and oxygen atoms in total. The molecule has 17 heavy (non-hydrogen) atoms. The van der Waals surface area contributed by atoms with Gasteiger partial charge in [-0.2, -0.15) is 13.2 Å². The van der Waals surface area contributed by atoms with Crippen LogP contribution in [0.2, 0.25) is 0 Å². The number of nitrogen functional groups attached to an aromatic ring is 1. The van der Waals surface area contributed by atoms with Gasteiger partial charge in [-0.15, -0.1) is 0 Å². The van der Waals surface area contributed by atoms with Crippen LogP contribution < -0.4 is 16.2 Å². The number of hydrogen-bond acceptors (Lipinski definition) is 5. The van der Waals surface area contributed by atoms with E-state index in [1.165, 1.54) is 6.07 Å². The first-order valence-corrected chi connectivity index (χ1v) is 4.91. The van der Waals surface area contributed by atoms with Gasteiger partial charge in [-0.1, -0.05) is 0 Å². The Morgan fingerprint density at radius 1 is 1.35 bits per heavy atom. The van der Waals surface area contributed by atoms with Gasteiger partial charge in [0.05, 0.1) is 0 Å². The van der Waals surface area contributed by atoms with Crippen molar-refractivity contribution in [2.24, 2.45) is 5.84 Å². The van der Waals surface area contributed by atoms with Gasteiger partial charge in [0.25, 0.3) is 0 Å². The second kappa shape index (κ2) is 4.74. The minimum atomic E-state index is -4.60. The van der Waals surface area contributed by atoms with Crippen LogP contribution >= 0.6 is 0 Å². The molecule has 0 aromatic carbocycles. The molecule has 0 atom stereocenters. The fourth-order valence-corrected chi connectivity index (χ4v) is 1.08. The highest BCUT2D eigenvalue weighted by atomic mass is 19.4. The third-order valence-corrected chi connectivity index (χ3v) is 2.25. The average Bonchev–Trinajstić information content (AvgIpc) is 2.26. The first kappa shape index (κ1) is 13.5. The second-order valence-electron chi connectivity index (χ2n) is 3.78. The molecule has 0 saturated carbocycles. The Morgan fingerprint density at radius 3 is 2.35 bits per heavy atom. The number of nitrogens with two attached hydrogens (primary N) is 1. The molecule has 0 saturated heterocycles. The van der Waals surface area contributed by atoms with Crippen molar-refractivity contribution in [3.05, 3.63) is 11.9 Å². The molecular weight excluding hydrogens is 235 g/mol. The molecule has 0 aliphatic rings. The van der Waals surface area contributed by atoms with Crippen LogP contribution in [0.4, 0.5) is 24.8 Å². The van der Waals surface area contributed by atoms with Crippen molar-refractivity contribution in [2.45, 2.75) is 26.1 Å². The maximum Gasteiger partial charge on any atom is 0.451 e. The van der Waals surface area contributed by atoms with Crippen LogP contribution in [0.5, 0.6) is 0 Å². The molecule has 1 aromatic rings. The molecule has 1 aromatic heterocycles. The van der Waals surface area contributed by atoms with Crippen LogP contribution in [0.1, 0.15) is 19.7 Å². The van der Waals surface area contributed by atoms with E-state index in [4.69, 9.17) is 5.84 Å². The van der Waals surface area contributed by atoms with E-state index in [1.807, 2.05) is 13.8 Å². The Morgan fingerprint density at radius 2 is 1.94 bits per heavy atom. The lowest BCUT2D eigenvalue weighted by Gasteiger charge is -2.23. The third kappa shape index (κ3) is 3.19. The van der Waals surface area contributed by atoms with Gasteiger partial charge in [-0.3, -0.25) is 0 Å². The molecule has 1 heterocycles. The van der Waals surface area contributed by atoms with Crippen LogP contribution in [-0.2, 0) is 6.18 Å². The van der Waals surface area contributed by atoms with E-state index in [9.17, 15) is 13.2 Å². The lowest BCUT2D eigenvalue weighted by Crippen LogP contribution is -2.28. The third-order valence-electron chi connectivity index (χ3n) is 2.25. The van der Waals surface area contributed by atoms with Crippen LogP contribution in [0.15, 0.2) is 6.07 Å². The summed E-state index contributed by atoms with van der Waals surface area (Å²) in [6.45, 7) is 3.68. The largest absolute Gasteiger partial charge is 0.451 e. The minimum Gasteiger partial charge on any atom is -0.357 e. The summed E-state index contributed by atoms with van der Waals surface area (Å²) < 4.78 is 37.6. The fraction of sp³-hybridized carbons (Fsp3) is 0.556. The lowest BCUT2D eigenvalue weighted by molar-refractivity contribution is -0.144. The standard InChI is InChI=1S/C9H14F3N5/c1-5(2)17(3)7-4-6(16-13)14-8(15-7)9(10,11)12/h4-5H,13H2,1-3H3,(H,14,15,16). The summed E-state index contributed by atoms with van der Waals surface area (Å²) in [7, 11) is 1.65. The summed E-state index contributed by atoms with van der Waals surface area (Å²) >= 11 is 0. The maximum absolute atomic E-state index is 12.5. The lowest BCUT2D eigenvalue weighted by atomic mass is 10.3. The van der Waals surface area contributed by atoms with Gasteiger partial charge < -0.3 is 10.3 Å². The summed E-state index contributed by atoms with van der Waals surface area (Å²) in [5.41, 5.74) is 2.10. The second-order valence-corrected chi connectivity index (χ2v) is 3.78. The van der Waals surface area contributed by atoms with Crippen LogP contribution in [0, 0.1) is 0 Å². The van der Waals surface area contributed by atoms with E-state index in [0.717, 1.165) is 0 Å². The van der Waals surface area contributed by atoms with E-state index in [0.29, 0.717) is 0 Å². The van der Waals surface area contributed by atoms with Crippen molar-refractivity contribution < 1.29 is 13.2 Å². The fourth-order valence-electron chi connectivity index (χ4n) is 1.08. The zero-order chi connectivity index (χ0) is 13.2. The van der Waals surface area contributed by atoms with Crippen molar-refractivity contribution in [1.29, 1.82) is 0 Å². The topological polar surface area (TPSA) is 67.1 Å². The minimum absolute atomic E-state index is 0.0107. The number of halogens is 3. The van der Waals surface area contributed by atoms with E-state index >= 15 is 0 Å². The van der Waals surface area contributed by atoms with Gasteiger partial charge in [-0.25, -0.2) is 15.8 Å². The average molecular weight is 249 g/mol. The van der Waals surface area contributed by atoms with Crippen molar-refractivity contribution in [3.8, 4) is 0 Å². The van der Waals surface area contributed by atoms with Crippen molar-refractivity contribution in [3.63, 3.8) is 0 Å². The number of rotatable bonds is 3. The van der Waals surface area contributed by atoms with Crippen LogP contribution in [0.3, 0.4) is 0 Å². The monoisotopic (exact) mass is 249 g/mol. The molecule has 0 radical (unpaired) electrons. The Bertz CT molecular complexity index is 391. The molecule has 1 rings (SSSR count). The van der Waals surface area contributed by atoms with Crippen molar-refractivity contribution in [1.82, 2.24) is 9.97 Å². The van der Waals surface area contributed by atoms with E-state index in [-0.39, 0.29) is 17.7 Å². The van der Waals surface area contributed by atoms with Crippen molar-refractivity contribution in [2.75, 3.05) is 17.4 Å². The van der Waals surface area contributed by atoms with Crippen molar-refractivity contribution >= 4 is 11.6 Å². The Hall–Kier alpha value is -1.57. The highest BCUT2D eigenvalue weighted by molar-refractivity contribution is 5.49. The number of aromatic nitrogens is 2. The summed E-state index contributed by atoms with van der Waals surface area (Å²) in [5.74, 6) is 3.96. The smallest absolute Gasteiger partial charge is 0.357 e. The van der Waals surface area contributed by atoms with Gasteiger partial charge in [0.2, 0.25) is 5.82 Å². The molecule has 8 heteroatoms. The van der Waals surface area contributed by atoms with E-state index in [2.05, 4.69) is 15.4 Å². The van der Waals surface area contributed by atoms with Gasteiger partial charge in [0, 0.05) is 19.2 Å². The highest BCUT2D eigenvalue weighted by Crippen LogP contribution is 2.29. The molecule has 0 aliphatic carbocycles. The molecule has 0 spiro atoms. The van der Waals surface area contributed by atoms with E-state index in [1.54, 1.807) is 11.9 Å². The number of nitrogens with zero attached hydrogens (tertiary/aromatic N) is 3. The molecule has 3 N–H and O–H groups in total. The number of nitrogens with one attached hydrogen (secondary N) is 1. The van der Waals surface area contributed by atoms with Gasteiger partial charge in [-0.05, 0) is 13.8 Å². The molecule has 0 bridgehead atoms. The molecule has 96 valence electrons. The summed E-state index contributed by atoms with van der Waals surface area (Å²) in [5, 5.41) is 0. The molecule has 0 aliphatic heterocycles. The predicted octanol–water partition coefficient (Wildman–Crippen LogP) is 1.63. The molecule has 0 fully saturated rings.